The molecule has 1 spiro atoms. The average molecular weight is 480 g/mol. The van der Waals surface area contributed by atoms with E-state index in [-0.39, 0.29) is 11.7 Å². The van der Waals surface area contributed by atoms with Crippen molar-refractivity contribution in [2.24, 2.45) is 0 Å². The fourth-order valence-corrected chi connectivity index (χ4v) is 4.87. The van der Waals surface area contributed by atoms with Gasteiger partial charge in [-0.1, -0.05) is 22.0 Å². The topological polar surface area (TPSA) is 59.5 Å². The highest BCUT2D eigenvalue weighted by Gasteiger charge is 2.44. The first-order chi connectivity index (χ1) is 12.5. The molecule has 3 heterocycles. The number of hydrogen-bond acceptors (Lipinski definition) is 4. The van der Waals surface area contributed by atoms with Gasteiger partial charge in [0.2, 0.25) is 0 Å². The van der Waals surface area contributed by atoms with E-state index < -0.39 is 5.60 Å². The molecule has 7 heteroatoms. The number of ether oxygens (including phenoxy) is 1. The summed E-state index contributed by atoms with van der Waals surface area (Å²) in [7, 11) is 0. The summed E-state index contributed by atoms with van der Waals surface area (Å²) < 4.78 is 7.91. The highest BCUT2D eigenvalue weighted by atomic mass is 79.9. The Morgan fingerprint density at radius 3 is 2.65 bits per heavy atom. The third-order valence-electron chi connectivity index (χ3n) is 4.96. The lowest BCUT2D eigenvalue weighted by atomic mass is 9.82. The normalized spacial score (nSPS) is 18.4. The van der Waals surface area contributed by atoms with E-state index in [0.717, 1.165) is 8.95 Å². The number of likely N-dealkylation sites (tertiary alicyclic amines) is 1. The van der Waals surface area contributed by atoms with Crippen molar-refractivity contribution in [1.82, 2.24) is 9.88 Å². The number of piperidine rings is 1. The highest BCUT2D eigenvalue weighted by Crippen LogP contribution is 2.44. The van der Waals surface area contributed by atoms with Crippen molar-refractivity contribution in [3.63, 3.8) is 0 Å². The lowest BCUT2D eigenvalue weighted by Gasteiger charge is -2.44. The monoisotopic (exact) mass is 478 g/mol. The summed E-state index contributed by atoms with van der Waals surface area (Å²) in [5.74, 6) is 0.611. The maximum absolute atomic E-state index is 12.7. The molecule has 0 aliphatic carbocycles. The fraction of sp³-hybridized carbons (Fsp3) is 0.316. The molecule has 134 valence electrons. The van der Waals surface area contributed by atoms with Crippen LogP contribution in [0.1, 0.15) is 40.1 Å². The Balaban J connectivity index is 1.52. The molecule has 0 N–H and O–H groups in total. The van der Waals surface area contributed by atoms with Gasteiger partial charge < -0.3 is 9.64 Å². The molecule has 4 rings (SSSR count). The van der Waals surface area contributed by atoms with Crippen LogP contribution in [0.4, 0.5) is 0 Å². The second-order valence-corrected chi connectivity index (χ2v) is 8.43. The van der Waals surface area contributed by atoms with E-state index in [4.69, 9.17) is 4.74 Å². The minimum atomic E-state index is -0.540. The molecular formula is C19H16Br2N2O3. The predicted octanol–water partition coefficient (Wildman–Crippen LogP) is 4.25. The van der Waals surface area contributed by atoms with Gasteiger partial charge in [0, 0.05) is 36.6 Å². The fourth-order valence-electron chi connectivity index (χ4n) is 3.56. The summed E-state index contributed by atoms with van der Waals surface area (Å²) >= 11 is 6.91. The summed E-state index contributed by atoms with van der Waals surface area (Å²) in [6, 6.07) is 9.00. The number of carbonyl (C=O) groups excluding carboxylic acids is 2. The molecule has 2 aromatic rings. The first-order valence-electron chi connectivity index (χ1n) is 8.39. The van der Waals surface area contributed by atoms with Crippen molar-refractivity contribution >= 4 is 43.6 Å². The van der Waals surface area contributed by atoms with Gasteiger partial charge in [-0.25, -0.2) is 0 Å². The van der Waals surface area contributed by atoms with Crippen molar-refractivity contribution in [1.29, 1.82) is 0 Å². The zero-order valence-corrected chi connectivity index (χ0v) is 17.0. The highest BCUT2D eigenvalue weighted by molar-refractivity contribution is 9.11. The molecular weight excluding hydrogens is 464 g/mol. The molecule has 26 heavy (non-hydrogen) atoms. The molecule has 2 aliphatic rings. The number of carbonyl (C=O) groups is 2. The maximum atomic E-state index is 12.7. The molecule has 0 saturated carbocycles. The number of fused-ring (bicyclic) bond motifs is 1. The summed E-state index contributed by atoms with van der Waals surface area (Å²) in [6.07, 6.45) is 3.21. The number of aromatic nitrogens is 1. The van der Waals surface area contributed by atoms with Crippen LogP contribution in [-0.4, -0.2) is 40.3 Å². The van der Waals surface area contributed by atoms with Gasteiger partial charge in [0.05, 0.1) is 16.5 Å². The SMILES string of the molecule is O=C1CC2(CCN(C(=O)c3ccccn3)CC2)Oc2c(Br)cc(Br)cc21. The lowest BCUT2D eigenvalue weighted by Crippen LogP contribution is -2.52. The molecule has 5 nitrogen and oxygen atoms in total. The lowest BCUT2D eigenvalue weighted by molar-refractivity contribution is -0.00637. The van der Waals surface area contributed by atoms with Gasteiger partial charge in [0.1, 0.15) is 17.0 Å². The Morgan fingerprint density at radius 1 is 1.19 bits per heavy atom. The number of Topliss-reactive ketones (excluding diaryl/α,β-unsaturated/α-hetero) is 1. The first-order valence-corrected chi connectivity index (χ1v) is 9.98. The Kier molecular flexibility index (Phi) is 4.61. The molecule has 2 aliphatic heterocycles. The largest absolute Gasteiger partial charge is 0.485 e. The van der Waals surface area contributed by atoms with Crippen LogP contribution < -0.4 is 4.74 Å². The summed E-state index contributed by atoms with van der Waals surface area (Å²) in [4.78, 5) is 31.2. The van der Waals surface area contributed by atoms with E-state index in [1.807, 2.05) is 6.07 Å². The zero-order valence-electron chi connectivity index (χ0n) is 13.9. The smallest absolute Gasteiger partial charge is 0.272 e. The molecule has 1 amide bonds. The van der Waals surface area contributed by atoms with E-state index in [1.54, 1.807) is 35.4 Å². The van der Waals surface area contributed by atoms with Gasteiger partial charge >= 0.3 is 0 Å². The number of nitrogens with zero attached hydrogens (tertiary/aromatic N) is 2. The summed E-state index contributed by atoms with van der Waals surface area (Å²) in [5, 5.41) is 0. The molecule has 0 unspecified atom stereocenters. The maximum Gasteiger partial charge on any atom is 0.272 e. The Bertz CT molecular complexity index is 878. The minimum absolute atomic E-state index is 0.0758. The predicted molar refractivity (Wildman–Crippen MR) is 104 cm³/mol. The third kappa shape index (κ3) is 3.18. The molecule has 1 aromatic carbocycles. The summed E-state index contributed by atoms with van der Waals surface area (Å²) in [6.45, 7) is 1.10. The number of rotatable bonds is 1. The van der Waals surface area contributed by atoms with E-state index in [1.165, 1.54) is 0 Å². The number of hydrogen-bond donors (Lipinski definition) is 0. The van der Waals surface area contributed by atoms with Gasteiger partial charge in [0.25, 0.3) is 5.91 Å². The number of pyridine rings is 1. The van der Waals surface area contributed by atoms with Gasteiger partial charge in [0.15, 0.2) is 5.78 Å². The standard InChI is InChI=1S/C19H16Br2N2O3/c20-12-9-13-16(24)11-19(26-17(13)14(21)10-12)4-7-23(8-5-19)18(25)15-3-1-2-6-22-15/h1-3,6,9-10H,4-5,7-8,11H2. The molecule has 0 radical (unpaired) electrons. The second-order valence-electron chi connectivity index (χ2n) is 6.66. The number of amides is 1. The van der Waals surface area contributed by atoms with Crippen molar-refractivity contribution in [2.75, 3.05) is 13.1 Å². The van der Waals surface area contributed by atoms with Crippen molar-refractivity contribution in [2.45, 2.75) is 24.9 Å². The van der Waals surface area contributed by atoms with Gasteiger partial charge in [-0.15, -0.1) is 0 Å². The molecule has 0 atom stereocenters. The number of ketones is 1. The van der Waals surface area contributed by atoms with Crippen LogP contribution in [0.3, 0.4) is 0 Å². The van der Waals surface area contributed by atoms with Crippen LogP contribution in [0.2, 0.25) is 0 Å². The quantitative estimate of drug-likeness (QED) is 0.613. The van der Waals surface area contributed by atoms with Crippen LogP contribution >= 0.6 is 31.9 Å². The van der Waals surface area contributed by atoms with E-state index in [9.17, 15) is 9.59 Å². The zero-order chi connectivity index (χ0) is 18.3. The Labute approximate surface area is 168 Å². The van der Waals surface area contributed by atoms with E-state index in [0.29, 0.717) is 49.4 Å². The second kappa shape index (κ2) is 6.78. The van der Waals surface area contributed by atoms with Gasteiger partial charge in [-0.2, -0.15) is 0 Å². The van der Waals surface area contributed by atoms with Crippen LogP contribution in [-0.2, 0) is 0 Å². The van der Waals surface area contributed by atoms with Crippen LogP contribution in [0.25, 0.3) is 0 Å². The average Bonchev–Trinajstić information content (AvgIpc) is 2.64. The van der Waals surface area contributed by atoms with Gasteiger partial charge in [-0.3, -0.25) is 14.6 Å². The molecule has 1 aromatic heterocycles. The first kappa shape index (κ1) is 17.7. The van der Waals surface area contributed by atoms with Crippen LogP contribution in [0.5, 0.6) is 5.75 Å². The Morgan fingerprint density at radius 2 is 1.96 bits per heavy atom. The van der Waals surface area contributed by atoms with E-state index in [2.05, 4.69) is 36.8 Å². The Hall–Kier alpha value is -1.73. The molecule has 1 fully saturated rings. The van der Waals surface area contributed by atoms with Crippen molar-refractivity contribution in [3.8, 4) is 5.75 Å². The molecule has 1 saturated heterocycles. The van der Waals surface area contributed by atoms with Crippen LogP contribution in [0.15, 0.2) is 45.5 Å². The number of benzene rings is 1. The van der Waals surface area contributed by atoms with E-state index >= 15 is 0 Å². The summed E-state index contributed by atoms with van der Waals surface area (Å²) in [5.41, 5.74) is 0.507. The van der Waals surface area contributed by atoms with Crippen molar-refractivity contribution in [3.05, 3.63) is 56.7 Å². The van der Waals surface area contributed by atoms with Gasteiger partial charge in [-0.05, 0) is 40.2 Å². The third-order valence-corrected chi connectivity index (χ3v) is 6.00. The minimum Gasteiger partial charge on any atom is -0.485 e. The van der Waals surface area contributed by atoms with Crippen LogP contribution in [0, 0.1) is 0 Å². The van der Waals surface area contributed by atoms with Crippen molar-refractivity contribution < 1.29 is 14.3 Å². The molecule has 0 bridgehead atoms. The number of halogens is 2.